The lowest BCUT2D eigenvalue weighted by Gasteiger charge is -2.41. The smallest absolute Gasteiger partial charge is 0.204 e. The molecule has 2 atom stereocenters. The number of nitrogen functional groups attached to an aromatic ring is 2. The third kappa shape index (κ3) is 3.38. The van der Waals surface area contributed by atoms with Gasteiger partial charge in [0.25, 0.3) is 0 Å². The van der Waals surface area contributed by atoms with Crippen molar-refractivity contribution in [1.29, 1.82) is 0 Å². The molecule has 7 heteroatoms. The predicted octanol–water partition coefficient (Wildman–Crippen LogP) is 3.29. The van der Waals surface area contributed by atoms with Crippen LogP contribution in [0.5, 0.6) is 0 Å². The summed E-state index contributed by atoms with van der Waals surface area (Å²) in [5.74, 6) is 0. The van der Waals surface area contributed by atoms with Crippen molar-refractivity contribution in [3.8, 4) is 0 Å². The summed E-state index contributed by atoms with van der Waals surface area (Å²) in [5, 5.41) is 0. The van der Waals surface area contributed by atoms with Crippen molar-refractivity contribution in [2.24, 2.45) is 11.5 Å². The second-order valence-corrected chi connectivity index (χ2v) is 10.2. The van der Waals surface area contributed by atoms with E-state index in [2.05, 4.69) is 0 Å². The molecule has 8 N–H and O–H groups in total. The molecule has 4 aromatic rings. The normalized spacial score (nSPS) is 15.3. The molecule has 4 rings (SSSR count). The Balaban J connectivity index is 2.14. The minimum atomic E-state index is -4.52. The van der Waals surface area contributed by atoms with E-state index in [1.165, 1.54) is 0 Å². The van der Waals surface area contributed by atoms with Gasteiger partial charge in [-0.15, -0.1) is 0 Å². The molecule has 0 bridgehead atoms. The highest BCUT2D eigenvalue weighted by Crippen LogP contribution is 2.47. The zero-order valence-corrected chi connectivity index (χ0v) is 18.7. The average molecular weight is 459 g/mol. The largest absolute Gasteiger partial charge is 0.398 e. The van der Waals surface area contributed by atoms with E-state index in [9.17, 15) is 8.42 Å². The van der Waals surface area contributed by atoms with E-state index in [-0.39, 0.29) is 22.5 Å². The third-order valence-corrected chi connectivity index (χ3v) is 8.58. The van der Waals surface area contributed by atoms with Gasteiger partial charge in [-0.05, 0) is 23.3 Å². The number of anilines is 2. The fourth-order valence-electron chi connectivity index (χ4n) is 4.21. The molecule has 6 nitrogen and oxygen atoms in total. The maximum Gasteiger partial charge on any atom is 0.204 e. The minimum absolute atomic E-state index is 0.233. The zero-order chi connectivity index (χ0) is 23.7. The highest BCUT2D eigenvalue weighted by molar-refractivity contribution is 7.93. The molecule has 0 aromatic heterocycles. The molecular formula is C26H26N4O2S. The SMILES string of the molecule is Nc1ccccc1C(N)(c1ccccc1)S(=O)(=O)C(N)(c1ccccc1)c1ccccc1N. The number of rotatable bonds is 6. The summed E-state index contributed by atoms with van der Waals surface area (Å²) in [7, 11) is -4.52. The van der Waals surface area contributed by atoms with Gasteiger partial charge in [-0.25, -0.2) is 8.42 Å². The summed E-state index contributed by atoms with van der Waals surface area (Å²) in [5.41, 5.74) is 28.1. The molecule has 0 heterocycles. The van der Waals surface area contributed by atoms with Gasteiger partial charge in [0.1, 0.15) is 0 Å². The van der Waals surface area contributed by atoms with Crippen LogP contribution in [-0.2, 0) is 19.6 Å². The highest BCUT2D eigenvalue weighted by atomic mass is 32.2. The van der Waals surface area contributed by atoms with E-state index in [0.717, 1.165) is 0 Å². The Morgan fingerprint density at radius 2 is 0.788 bits per heavy atom. The molecule has 0 spiro atoms. The average Bonchev–Trinajstić information content (AvgIpc) is 2.84. The van der Waals surface area contributed by atoms with Crippen molar-refractivity contribution in [3.05, 3.63) is 131 Å². The molecule has 0 fully saturated rings. The van der Waals surface area contributed by atoms with Crippen molar-refractivity contribution in [1.82, 2.24) is 0 Å². The Labute approximate surface area is 193 Å². The summed E-state index contributed by atoms with van der Waals surface area (Å²) < 4.78 is 29.6. The first-order valence-electron chi connectivity index (χ1n) is 10.4. The van der Waals surface area contributed by atoms with Crippen LogP contribution in [0.15, 0.2) is 109 Å². The standard InChI is InChI=1S/C26H26N4O2S/c27-23-17-9-7-15-21(23)25(29,19-11-3-1-4-12-19)33(31,32)26(30,20-13-5-2-6-14-20)22-16-8-10-18-24(22)28/h1-18H,27-30H2. The fraction of sp³-hybridized carbons (Fsp3) is 0.0769. The Bertz CT molecular complexity index is 1280. The summed E-state index contributed by atoms with van der Waals surface area (Å²) >= 11 is 0. The van der Waals surface area contributed by atoms with Crippen LogP contribution < -0.4 is 22.9 Å². The number of sulfone groups is 1. The van der Waals surface area contributed by atoms with Gasteiger partial charge in [-0.2, -0.15) is 0 Å². The van der Waals surface area contributed by atoms with Crippen LogP contribution in [-0.4, -0.2) is 8.42 Å². The molecule has 0 aliphatic heterocycles. The lowest BCUT2D eigenvalue weighted by atomic mass is 9.96. The minimum Gasteiger partial charge on any atom is -0.398 e. The first-order valence-corrected chi connectivity index (χ1v) is 11.9. The van der Waals surface area contributed by atoms with Gasteiger partial charge in [0, 0.05) is 22.5 Å². The van der Waals surface area contributed by atoms with Crippen molar-refractivity contribution >= 4 is 21.2 Å². The van der Waals surface area contributed by atoms with Crippen LogP contribution in [0.1, 0.15) is 22.3 Å². The lowest BCUT2D eigenvalue weighted by molar-refractivity contribution is 0.521. The van der Waals surface area contributed by atoms with Gasteiger partial charge in [0.15, 0.2) is 9.74 Å². The van der Waals surface area contributed by atoms with Gasteiger partial charge in [0.2, 0.25) is 9.84 Å². The molecule has 0 aliphatic rings. The van der Waals surface area contributed by atoms with E-state index in [0.29, 0.717) is 11.1 Å². The molecule has 0 aliphatic carbocycles. The van der Waals surface area contributed by atoms with Crippen molar-refractivity contribution < 1.29 is 8.42 Å². The number of para-hydroxylation sites is 2. The number of nitrogens with two attached hydrogens (primary N) is 4. The Hall–Kier alpha value is -3.65. The molecule has 0 saturated heterocycles. The van der Waals surface area contributed by atoms with Crippen LogP contribution >= 0.6 is 0 Å². The van der Waals surface area contributed by atoms with E-state index in [1.807, 2.05) is 0 Å². The Morgan fingerprint density at radius 3 is 1.12 bits per heavy atom. The summed E-state index contributed by atoms with van der Waals surface area (Å²) in [6.45, 7) is 0. The fourth-order valence-corrected chi connectivity index (χ4v) is 6.56. The molecule has 168 valence electrons. The van der Waals surface area contributed by atoms with E-state index in [4.69, 9.17) is 22.9 Å². The van der Waals surface area contributed by atoms with Crippen molar-refractivity contribution in [2.75, 3.05) is 11.5 Å². The van der Waals surface area contributed by atoms with Gasteiger partial charge in [-0.1, -0.05) is 97.1 Å². The van der Waals surface area contributed by atoms with Crippen LogP contribution in [0.4, 0.5) is 11.4 Å². The second kappa shape index (κ2) is 8.37. The van der Waals surface area contributed by atoms with Crippen LogP contribution in [0.3, 0.4) is 0 Å². The van der Waals surface area contributed by atoms with Crippen molar-refractivity contribution in [2.45, 2.75) is 9.74 Å². The Kier molecular flexibility index (Phi) is 5.71. The molecule has 0 radical (unpaired) electrons. The first kappa shape index (κ1) is 22.5. The summed E-state index contributed by atoms with van der Waals surface area (Å²) in [6.07, 6.45) is 0. The van der Waals surface area contributed by atoms with Crippen molar-refractivity contribution in [3.63, 3.8) is 0 Å². The Morgan fingerprint density at radius 1 is 0.485 bits per heavy atom. The van der Waals surface area contributed by atoms with Gasteiger partial charge >= 0.3 is 0 Å². The summed E-state index contributed by atoms with van der Waals surface area (Å²) in [6, 6.07) is 30.4. The number of hydrogen-bond donors (Lipinski definition) is 4. The molecule has 0 amide bonds. The molecular weight excluding hydrogens is 432 g/mol. The molecule has 4 aromatic carbocycles. The third-order valence-electron chi connectivity index (χ3n) is 5.97. The van der Waals surface area contributed by atoms with E-state index < -0.39 is 19.6 Å². The monoisotopic (exact) mass is 458 g/mol. The van der Waals surface area contributed by atoms with Gasteiger partial charge in [0.05, 0.1) is 0 Å². The second-order valence-electron chi connectivity index (χ2n) is 7.88. The van der Waals surface area contributed by atoms with Gasteiger partial charge in [-0.3, -0.25) is 0 Å². The molecule has 2 unspecified atom stereocenters. The predicted molar refractivity (Wildman–Crippen MR) is 133 cm³/mol. The first-order chi connectivity index (χ1) is 15.7. The summed E-state index contributed by atoms with van der Waals surface area (Å²) in [4.78, 5) is -4.15. The van der Waals surface area contributed by atoms with Crippen LogP contribution in [0, 0.1) is 0 Å². The van der Waals surface area contributed by atoms with E-state index >= 15 is 0 Å². The number of hydrogen-bond acceptors (Lipinski definition) is 6. The lowest BCUT2D eigenvalue weighted by Crippen LogP contribution is -2.59. The molecule has 33 heavy (non-hydrogen) atoms. The molecule has 0 saturated carbocycles. The zero-order valence-electron chi connectivity index (χ0n) is 17.9. The van der Waals surface area contributed by atoms with Gasteiger partial charge < -0.3 is 22.9 Å². The van der Waals surface area contributed by atoms with Crippen LogP contribution in [0.25, 0.3) is 0 Å². The maximum absolute atomic E-state index is 14.8. The van der Waals surface area contributed by atoms with E-state index in [1.54, 1.807) is 109 Å². The highest BCUT2D eigenvalue weighted by Gasteiger charge is 2.57. The number of benzene rings is 4. The maximum atomic E-state index is 14.8. The van der Waals surface area contributed by atoms with Crippen LogP contribution in [0.2, 0.25) is 0 Å². The topological polar surface area (TPSA) is 138 Å². The quantitative estimate of drug-likeness (QED) is 0.327.